The number of hydrogen-bond acceptors (Lipinski definition) is 5. The van der Waals surface area contributed by atoms with Gasteiger partial charge in [0, 0.05) is 0 Å². The van der Waals surface area contributed by atoms with Crippen LogP contribution in [0.2, 0.25) is 0 Å². The Morgan fingerprint density at radius 1 is 1.19 bits per heavy atom. The number of carbonyl (C=O) groups is 1. The molecule has 0 bridgehead atoms. The average Bonchev–Trinajstić information content (AvgIpc) is 3.01. The molecule has 0 saturated carbocycles. The van der Waals surface area contributed by atoms with Gasteiger partial charge in [-0.2, -0.15) is 15.0 Å². The zero-order valence-corrected chi connectivity index (χ0v) is 17.0. The van der Waals surface area contributed by atoms with E-state index in [4.69, 9.17) is 4.74 Å². The van der Waals surface area contributed by atoms with Gasteiger partial charge in [-0.05, 0) is 42.7 Å². The second kappa shape index (κ2) is 9.83. The Balaban J connectivity index is 1.76. The number of fused-ring (bicyclic) bond motifs is 1. The summed E-state index contributed by atoms with van der Waals surface area (Å²) in [5, 5.41) is 18.8. The normalized spacial score (nSPS) is 14.3. The van der Waals surface area contributed by atoms with Gasteiger partial charge in [0.2, 0.25) is 0 Å². The van der Waals surface area contributed by atoms with Gasteiger partial charge in [0.15, 0.2) is 0 Å². The van der Waals surface area contributed by atoms with Crippen molar-refractivity contribution in [3.63, 3.8) is 0 Å². The van der Waals surface area contributed by atoms with Gasteiger partial charge in [-0.15, -0.1) is 0 Å². The highest BCUT2D eigenvalue weighted by molar-refractivity contribution is 5.73. The molecule has 6 heteroatoms. The van der Waals surface area contributed by atoms with Crippen molar-refractivity contribution in [2.75, 3.05) is 6.61 Å². The zero-order valence-electron chi connectivity index (χ0n) is 17.0. The molecule has 0 amide bonds. The lowest BCUT2D eigenvalue weighted by atomic mass is 9.75. The number of aliphatic hydroxyl groups is 1. The predicted molar refractivity (Wildman–Crippen MR) is 106 cm³/mol. The van der Waals surface area contributed by atoms with Crippen LogP contribution >= 0.6 is 0 Å². The lowest BCUT2D eigenvalue weighted by Gasteiger charge is -2.32. The Morgan fingerprint density at radius 3 is 2.37 bits per heavy atom. The van der Waals surface area contributed by atoms with E-state index in [0.717, 1.165) is 36.7 Å². The predicted octanol–water partition coefficient (Wildman–Crippen LogP) is 3.97. The number of aliphatic hydroxyl groups excluding tert-OH is 1. The summed E-state index contributed by atoms with van der Waals surface area (Å²) in [5.41, 5.74) is 1.72. The molecule has 150 valence electrons. The second-order valence-electron chi connectivity index (χ2n) is 8.28. The van der Waals surface area contributed by atoms with E-state index in [1.165, 1.54) is 0 Å². The van der Waals surface area contributed by atoms with Crippen LogP contribution in [0.25, 0.3) is 11.0 Å². The molecule has 1 heterocycles. The SMILES string of the molecule is CCCC(O)CC(CCOC(=O)CCn1nc2ccccc2n1)C(C)(C)C. The minimum atomic E-state index is -0.282. The Bertz CT molecular complexity index is 688. The third kappa shape index (κ3) is 6.94. The fraction of sp³-hybridized carbons (Fsp3) is 0.667. The lowest BCUT2D eigenvalue weighted by Crippen LogP contribution is -2.27. The van der Waals surface area contributed by atoms with Crippen LogP contribution in [0, 0.1) is 11.3 Å². The zero-order chi connectivity index (χ0) is 19.9. The molecule has 0 spiro atoms. The molecule has 1 aromatic carbocycles. The van der Waals surface area contributed by atoms with Crippen LogP contribution in [0.15, 0.2) is 24.3 Å². The van der Waals surface area contributed by atoms with E-state index in [1.807, 2.05) is 24.3 Å². The largest absolute Gasteiger partial charge is 0.466 e. The van der Waals surface area contributed by atoms with E-state index in [0.29, 0.717) is 19.1 Å². The van der Waals surface area contributed by atoms with E-state index in [1.54, 1.807) is 4.80 Å². The smallest absolute Gasteiger partial charge is 0.307 e. The lowest BCUT2D eigenvalue weighted by molar-refractivity contribution is -0.144. The molecular weight excluding hydrogens is 342 g/mol. The van der Waals surface area contributed by atoms with E-state index >= 15 is 0 Å². The Hall–Kier alpha value is -1.95. The molecule has 1 aromatic heterocycles. The van der Waals surface area contributed by atoms with Crippen molar-refractivity contribution in [1.29, 1.82) is 0 Å². The van der Waals surface area contributed by atoms with Crippen LogP contribution in [0.5, 0.6) is 0 Å². The van der Waals surface area contributed by atoms with Crippen molar-refractivity contribution >= 4 is 17.0 Å². The van der Waals surface area contributed by atoms with Crippen molar-refractivity contribution in [2.45, 2.75) is 72.4 Å². The number of aryl methyl sites for hydroxylation is 1. The second-order valence-corrected chi connectivity index (χ2v) is 8.28. The molecule has 6 nitrogen and oxygen atoms in total. The first kappa shape index (κ1) is 21.4. The van der Waals surface area contributed by atoms with Crippen LogP contribution in [-0.4, -0.2) is 38.8 Å². The highest BCUT2D eigenvalue weighted by Gasteiger charge is 2.26. The summed E-state index contributed by atoms with van der Waals surface area (Å²) in [4.78, 5) is 13.6. The number of esters is 1. The van der Waals surface area contributed by atoms with Gasteiger partial charge < -0.3 is 9.84 Å². The topological polar surface area (TPSA) is 77.2 Å². The number of ether oxygens (including phenoxy) is 1. The standard InChI is InChI=1S/C21H33N3O3/c1-5-8-17(25)15-16(21(2,3)4)12-14-27-20(26)11-13-24-22-18-9-6-7-10-19(18)23-24/h6-7,9-10,16-17,25H,5,8,11-15H2,1-4H3. The fourth-order valence-electron chi connectivity index (χ4n) is 3.27. The number of hydrogen-bond donors (Lipinski definition) is 1. The first-order valence-electron chi connectivity index (χ1n) is 9.93. The molecule has 2 aromatic rings. The van der Waals surface area contributed by atoms with Crippen LogP contribution in [0.1, 0.15) is 59.8 Å². The van der Waals surface area contributed by atoms with E-state index < -0.39 is 0 Å². The molecule has 0 radical (unpaired) electrons. The van der Waals surface area contributed by atoms with Gasteiger partial charge >= 0.3 is 5.97 Å². The van der Waals surface area contributed by atoms with Gasteiger partial charge in [0.1, 0.15) is 11.0 Å². The summed E-state index contributed by atoms with van der Waals surface area (Å²) in [6, 6.07) is 7.63. The quantitative estimate of drug-likeness (QED) is 0.636. The molecule has 2 unspecified atom stereocenters. The molecule has 0 saturated heterocycles. The van der Waals surface area contributed by atoms with Crippen molar-refractivity contribution in [1.82, 2.24) is 15.0 Å². The van der Waals surface area contributed by atoms with Crippen molar-refractivity contribution in [3.05, 3.63) is 24.3 Å². The van der Waals surface area contributed by atoms with E-state index in [2.05, 4.69) is 37.9 Å². The summed E-state index contributed by atoms with van der Waals surface area (Å²) in [5.74, 6) is 0.0723. The number of carbonyl (C=O) groups excluding carboxylic acids is 1. The van der Waals surface area contributed by atoms with Crippen molar-refractivity contribution in [2.24, 2.45) is 11.3 Å². The first-order valence-corrected chi connectivity index (χ1v) is 9.93. The minimum absolute atomic E-state index is 0.0697. The van der Waals surface area contributed by atoms with E-state index in [9.17, 15) is 9.90 Å². The number of benzene rings is 1. The number of aromatic nitrogens is 3. The van der Waals surface area contributed by atoms with Crippen molar-refractivity contribution in [3.8, 4) is 0 Å². The molecule has 0 fully saturated rings. The molecule has 0 aliphatic carbocycles. The minimum Gasteiger partial charge on any atom is -0.466 e. The first-order chi connectivity index (χ1) is 12.8. The molecule has 0 aliphatic rings. The van der Waals surface area contributed by atoms with Gasteiger partial charge in [0.25, 0.3) is 0 Å². The Labute approximate surface area is 161 Å². The third-order valence-corrected chi connectivity index (χ3v) is 4.98. The van der Waals surface area contributed by atoms with Crippen molar-refractivity contribution < 1.29 is 14.6 Å². The van der Waals surface area contributed by atoms with Gasteiger partial charge in [-0.3, -0.25) is 4.79 Å². The third-order valence-electron chi connectivity index (χ3n) is 4.98. The molecule has 2 rings (SSSR count). The summed E-state index contributed by atoms with van der Waals surface area (Å²) in [7, 11) is 0. The molecular formula is C21H33N3O3. The number of rotatable bonds is 10. The van der Waals surface area contributed by atoms with Crippen LogP contribution < -0.4 is 0 Å². The summed E-state index contributed by atoms with van der Waals surface area (Å²) < 4.78 is 5.42. The highest BCUT2D eigenvalue weighted by atomic mass is 16.5. The number of nitrogens with zero attached hydrogens (tertiary/aromatic N) is 3. The Kier molecular flexibility index (Phi) is 7.78. The van der Waals surface area contributed by atoms with Crippen LogP contribution in [0.3, 0.4) is 0 Å². The van der Waals surface area contributed by atoms with Gasteiger partial charge in [-0.25, -0.2) is 0 Å². The molecule has 0 aliphatic heterocycles. The maximum absolute atomic E-state index is 12.0. The average molecular weight is 376 g/mol. The summed E-state index contributed by atoms with van der Waals surface area (Å²) >= 11 is 0. The molecule has 2 atom stereocenters. The Morgan fingerprint density at radius 2 is 1.81 bits per heavy atom. The summed E-state index contributed by atoms with van der Waals surface area (Å²) in [6.45, 7) is 9.39. The fourth-order valence-corrected chi connectivity index (χ4v) is 3.27. The van der Waals surface area contributed by atoms with E-state index in [-0.39, 0.29) is 23.9 Å². The monoisotopic (exact) mass is 375 g/mol. The van der Waals surface area contributed by atoms with Crippen LogP contribution in [0.4, 0.5) is 0 Å². The molecule has 27 heavy (non-hydrogen) atoms. The molecule has 1 N–H and O–H groups in total. The maximum atomic E-state index is 12.0. The highest BCUT2D eigenvalue weighted by Crippen LogP contribution is 2.33. The summed E-state index contributed by atoms with van der Waals surface area (Å²) in [6.07, 6.45) is 3.27. The van der Waals surface area contributed by atoms with Crippen LogP contribution in [-0.2, 0) is 16.1 Å². The van der Waals surface area contributed by atoms with Gasteiger partial charge in [0.05, 0.1) is 25.7 Å². The van der Waals surface area contributed by atoms with Gasteiger partial charge in [-0.1, -0.05) is 46.2 Å². The maximum Gasteiger partial charge on any atom is 0.307 e.